The van der Waals surface area contributed by atoms with Gasteiger partial charge in [0.1, 0.15) is 30.8 Å². The van der Waals surface area contributed by atoms with E-state index in [-0.39, 0.29) is 50.3 Å². The van der Waals surface area contributed by atoms with Gasteiger partial charge in [0.25, 0.3) is 0 Å². The number of fused-ring (bicyclic) bond motifs is 2. The number of aromatic nitrogens is 1. The predicted molar refractivity (Wildman–Crippen MR) is 270 cm³/mol. The van der Waals surface area contributed by atoms with Gasteiger partial charge in [0.2, 0.25) is 5.79 Å². The maximum absolute atomic E-state index is 14.7. The van der Waals surface area contributed by atoms with Gasteiger partial charge in [-0.1, -0.05) is 138 Å². The number of oxime groups is 1. The molecule has 372 valence electrons. The van der Waals surface area contributed by atoms with Gasteiger partial charge in [0, 0.05) is 43.4 Å². The topological polar surface area (TPSA) is 132 Å². The zero-order valence-corrected chi connectivity index (χ0v) is 41.5. The molecule has 1 amide bonds. The van der Waals surface area contributed by atoms with Crippen LogP contribution in [-0.2, 0) is 27.5 Å². The molecule has 2 heterocycles. The minimum atomic E-state index is -1.36. The molecule has 6 unspecified atom stereocenters. The lowest BCUT2D eigenvalue weighted by Crippen LogP contribution is -2.70. The van der Waals surface area contributed by atoms with Gasteiger partial charge >= 0.3 is 6.09 Å². The molecule has 1 aliphatic heterocycles. The van der Waals surface area contributed by atoms with Crippen LogP contribution < -0.4 is 9.47 Å². The fraction of sp³-hybridized carbons (Fsp3) is 0.596. The summed E-state index contributed by atoms with van der Waals surface area (Å²) in [6.07, 6.45) is 21.4. The number of hydrogen-bond donors (Lipinski definition) is 2. The van der Waals surface area contributed by atoms with E-state index in [4.69, 9.17) is 28.9 Å². The van der Waals surface area contributed by atoms with Crippen LogP contribution >= 0.6 is 0 Å². The average molecular weight is 936 g/mol. The molecule has 2 aliphatic carbocycles. The number of allylic oxidation sites excluding steroid dienone is 1. The SMILES string of the molecule is C=CCOC12Oc3ccc(OCc4cccc(C)n4)cc3C3C(CCCCO)C(CCCCO)C=C(C(=NOCc4ccccc4)CC1N(CCC)C(=O)OCCCCCCCCCCCC)C32. The number of unbranched alkanes of at least 4 members (excludes halogenated alkanes) is 11. The van der Waals surface area contributed by atoms with Crippen molar-refractivity contribution in [3.63, 3.8) is 0 Å². The smallest absolute Gasteiger partial charge is 0.410 e. The first kappa shape index (κ1) is 52.7. The van der Waals surface area contributed by atoms with E-state index in [0.717, 1.165) is 78.7 Å². The molecule has 1 saturated carbocycles. The summed E-state index contributed by atoms with van der Waals surface area (Å²) in [5.74, 6) is -0.383. The first-order valence-electron chi connectivity index (χ1n) is 26.1. The largest absolute Gasteiger partial charge is 0.487 e. The molecule has 1 fully saturated rings. The molecule has 6 atom stereocenters. The Balaban J connectivity index is 1.41. The lowest BCUT2D eigenvalue weighted by molar-refractivity contribution is -0.255. The fourth-order valence-corrected chi connectivity index (χ4v) is 10.8. The van der Waals surface area contributed by atoms with Crippen molar-refractivity contribution in [1.82, 2.24) is 9.88 Å². The number of pyridine rings is 1. The van der Waals surface area contributed by atoms with Gasteiger partial charge in [0.15, 0.2) is 0 Å². The average Bonchev–Trinajstić information content (AvgIpc) is 3.35. The third-order valence-electron chi connectivity index (χ3n) is 14.0. The molecule has 68 heavy (non-hydrogen) atoms. The Morgan fingerprint density at radius 3 is 2.31 bits per heavy atom. The van der Waals surface area contributed by atoms with Crippen molar-refractivity contribution in [2.75, 3.05) is 33.0 Å². The maximum atomic E-state index is 14.7. The summed E-state index contributed by atoms with van der Waals surface area (Å²) >= 11 is 0. The molecule has 6 rings (SSSR count). The van der Waals surface area contributed by atoms with E-state index in [0.29, 0.717) is 56.9 Å². The molecule has 2 N–H and O–H groups in total. The summed E-state index contributed by atoms with van der Waals surface area (Å²) in [7, 11) is 0. The number of carbonyl (C=O) groups excluding carboxylic acids is 1. The Morgan fingerprint density at radius 1 is 0.868 bits per heavy atom. The monoisotopic (exact) mass is 936 g/mol. The zero-order valence-electron chi connectivity index (χ0n) is 41.5. The highest BCUT2D eigenvalue weighted by molar-refractivity contribution is 6.03. The van der Waals surface area contributed by atoms with Crippen molar-refractivity contribution >= 4 is 11.8 Å². The number of ether oxygens (including phenoxy) is 4. The summed E-state index contributed by atoms with van der Waals surface area (Å²) in [5.41, 5.74) is 5.52. The van der Waals surface area contributed by atoms with Crippen LogP contribution in [0, 0.1) is 24.7 Å². The summed E-state index contributed by atoms with van der Waals surface area (Å²) in [5, 5.41) is 25.0. The van der Waals surface area contributed by atoms with Crippen LogP contribution in [0.25, 0.3) is 0 Å². The van der Waals surface area contributed by atoms with E-state index >= 15 is 0 Å². The third kappa shape index (κ3) is 14.2. The molecule has 0 radical (unpaired) electrons. The molecule has 0 bridgehead atoms. The highest BCUT2D eigenvalue weighted by Crippen LogP contribution is 2.62. The normalized spacial score (nSPS) is 22.1. The first-order chi connectivity index (χ1) is 33.4. The van der Waals surface area contributed by atoms with E-state index in [1.54, 1.807) is 6.08 Å². The minimum absolute atomic E-state index is 0.0881. The minimum Gasteiger partial charge on any atom is -0.487 e. The van der Waals surface area contributed by atoms with Gasteiger partial charge in [-0.2, -0.15) is 0 Å². The second-order valence-electron chi connectivity index (χ2n) is 19.1. The fourth-order valence-electron chi connectivity index (χ4n) is 10.8. The molecule has 11 heteroatoms. The van der Waals surface area contributed by atoms with E-state index < -0.39 is 17.7 Å². The van der Waals surface area contributed by atoms with Crippen molar-refractivity contribution in [3.05, 3.63) is 114 Å². The highest BCUT2D eigenvalue weighted by atomic mass is 16.7. The van der Waals surface area contributed by atoms with E-state index in [1.807, 2.05) is 72.5 Å². The summed E-state index contributed by atoms with van der Waals surface area (Å²) in [4.78, 5) is 27.5. The lowest BCUT2D eigenvalue weighted by Gasteiger charge is -2.59. The Hall–Kier alpha value is -4.71. The quantitative estimate of drug-likeness (QED) is 0.0368. The molecular formula is C57H81N3O8. The molecule has 2 aromatic carbocycles. The second-order valence-corrected chi connectivity index (χ2v) is 19.1. The van der Waals surface area contributed by atoms with Crippen LogP contribution in [0.3, 0.4) is 0 Å². The number of aliphatic hydroxyl groups excluding tert-OH is 2. The second kappa shape index (κ2) is 28.1. The van der Waals surface area contributed by atoms with Crippen LogP contribution in [-0.4, -0.2) is 76.7 Å². The number of carbonyl (C=O) groups is 1. The summed E-state index contributed by atoms with van der Waals surface area (Å²) in [6.45, 7) is 12.2. The number of nitrogens with zero attached hydrogens (tertiary/aromatic N) is 3. The van der Waals surface area contributed by atoms with Gasteiger partial charge in [-0.3, -0.25) is 9.88 Å². The maximum Gasteiger partial charge on any atom is 0.410 e. The molecule has 3 aliphatic rings. The van der Waals surface area contributed by atoms with E-state index in [2.05, 4.69) is 37.6 Å². The van der Waals surface area contributed by atoms with Crippen LogP contribution in [0.5, 0.6) is 11.5 Å². The van der Waals surface area contributed by atoms with Gasteiger partial charge < -0.3 is 34.0 Å². The van der Waals surface area contributed by atoms with Crippen molar-refractivity contribution in [2.45, 2.75) is 167 Å². The molecule has 0 saturated heterocycles. The van der Waals surface area contributed by atoms with Crippen LogP contribution in [0.1, 0.15) is 158 Å². The van der Waals surface area contributed by atoms with Crippen LogP contribution in [0.2, 0.25) is 0 Å². The van der Waals surface area contributed by atoms with Crippen molar-refractivity contribution in [3.8, 4) is 11.5 Å². The molecule has 0 spiro atoms. The van der Waals surface area contributed by atoms with Crippen molar-refractivity contribution < 1.29 is 38.8 Å². The van der Waals surface area contributed by atoms with Crippen molar-refractivity contribution in [2.24, 2.45) is 22.9 Å². The number of hydrogen-bond acceptors (Lipinski definition) is 10. The van der Waals surface area contributed by atoms with Gasteiger partial charge in [-0.05, 0) is 98.8 Å². The zero-order chi connectivity index (χ0) is 48.0. The Kier molecular flexibility index (Phi) is 21.7. The van der Waals surface area contributed by atoms with Gasteiger partial charge in [-0.25, -0.2) is 4.79 Å². The number of benzene rings is 2. The lowest BCUT2D eigenvalue weighted by atomic mass is 9.55. The molecule has 3 aromatic rings. The third-order valence-corrected chi connectivity index (χ3v) is 14.0. The molecule has 1 aromatic heterocycles. The van der Waals surface area contributed by atoms with E-state index in [9.17, 15) is 15.0 Å². The number of aryl methyl sites for hydroxylation is 1. The Labute approximate surface area is 407 Å². The Bertz CT molecular complexity index is 2040. The van der Waals surface area contributed by atoms with Crippen molar-refractivity contribution in [1.29, 1.82) is 0 Å². The summed E-state index contributed by atoms with van der Waals surface area (Å²) in [6, 6.07) is 21.4. The molecular weight excluding hydrogens is 855 g/mol. The summed E-state index contributed by atoms with van der Waals surface area (Å²) < 4.78 is 27.3. The first-order valence-corrected chi connectivity index (χ1v) is 26.1. The van der Waals surface area contributed by atoms with Crippen LogP contribution in [0.15, 0.2) is 96.2 Å². The van der Waals surface area contributed by atoms with Crippen LogP contribution in [0.4, 0.5) is 4.79 Å². The Morgan fingerprint density at radius 2 is 1.60 bits per heavy atom. The van der Waals surface area contributed by atoms with E-state index in [1.165, 1.54) is 44.9 Å². The predicted octanol–water partition coefficient (Wildman–Crippen LogP) is 12.6. The number of amides is 1. The molecule has 11 nitrogen and oxygen atoms in total. The number of rotatable bonds is 31. The van der Waals surface area contributed by atoms with Gasteiger partial charge in [0.05, 0.1) is 30.5 Å². The highest BCUT2D eigenvalue weighted by Gasteiger charge is 2.65. The standard InChI is InChI=1S/C57H81N3O8/c1-5-8-9-10-11-12-13-14-15-23-37-64-56(63)60(33-6-2)53-40-51(59-67-41-44-26-17-16-18-27-44)49-38-45(28-19-21-34-61)48(30-20-22-35-62)54-50-39-47(65-42-46-29-24-25-43(4)58-46)31-32-52(50)68-57(53,55(49)54)66-36-7-3/h7,16-18,24-27,29,31-32,38-39,45,48,53-55,61-62H,3,5-6,8-15,19-23,28,30,33-37,40-42H2,1-2,4H3. The van der Waals surface area contributed by atoms with Gasteiger partial charge in [-0.15, -0.1) is 6.58 Å². The number of aliphatic hydroxyl groups is 2.